The van der Waals surface area contributed by atoms with Crippen molar-refractivity contribution in [3.63, 3.8) is 0 Å². The van der Waals surface area contributed by atoms with E-state index in [2.05, 4.69) is 21.0 Å². The third-order valence-corrected chi connectivity index (χ3v) is 3.18. The topological polar surface area (TPSA) is 36.3 Å². The zero-order chi connectivity index (χ0) is 13.0. The van der Waals surface area contributed by atoms with Crippen molar-refractivity contribution in [3.8, 4) is 11.5 Å². The molecule has 5 heteroatoms. The molecule has 0 aliphatic carbocycles. The van der Waals surface area contributed by atoms with Gasteiger partial charge in [-0.25, -0.2) is 0 Å². The van der Waals surface area contributed by atoms with Gasteiger partial charge >= 0.3 is 0 Å². The van der Waals surface area contributed by atoms with Crippen molar-refractivity contribution in [2.75, 3.05) is 7.11 Å². The Labute approximate surface area is 115 Å². The molecule has 18 heavy (non-hydrogen) atoms. The van der Waals surface area contributed by atoms with E-state index in [1.165, 1.54) is 0 Å². The summed E-state index contributed by atoms with van der Waals surface area (Å²) in [5.41, 5.74) is 2.14. The molecule has 0 fully saturated rings. The summed E-state index contributed by atoms with van der Waals surface area (Å²) in [5.74, 6) is 1.62. The van der Waals surface area contributed by atoms with Crippen molar-refractivity contribution < 1.29 is 9.47 Å². The van der Waals surface area contributed by atoms with Crippen molar-refractivity contribution >= 4 is 15.9 Å². The van der Waals surface area contributed by atoms with Crippen LogP contribution < -0.4 is 9.47 Å². The minimum Gasteiger partial charge on any atom is -0.497 e. The first-order valence-corrected chi connectivity index (χ1v) is 6.68. The van der Waals surface area contributed by atoms with Gasteiger partial charge in [0.2, 0.25) is 0 Å². The van der Waals surface area contributed by atoms with Crippen LogP contribution >= 0.6 is 15.9 Å². The molecule has 96 valence electrons. The van der Waals surface area contributed by atoms with E-state index in [9.17, 15) is 0 Å². The van der Waals surface area contributed by atoms with Crippen molar-refractivity contribution in [1.82, 2.24) is 9.78 Å². The van der Waals surface area contributed by atoms with E-state index in [4.69, 9.17) is 9.47 Å². The van der Waals surface area contributed by atoms with Gasteiger partial charge in [-0.05, 0) is 6.07 Å². The van der Waals surface area contributed by atoms with Crippen molar-refractivity contribution in [1.29, 1.82) is 0 Å². The van der Waals surface area contributed by atoms with Gasteiger partial charge in [0.25, 0.3) is 0 Å². The average molecular weight is 311 g/mol. The summed E-state index contributed by atoms with van der Waals surface area (Å²) < 4.78 is 12.8. The second kappa shape index (κ2) is 5.91. The molecule has 0 aliphatic rings. The van der Waals surface area contributed by atoms with E-state index in [0.29, 0.717) is 6.61 Å². The molecule has 0 atom stereocenters. The van der Waals surface area contributed by atoms with Gasteiger partial charge in [0.1, 0.15) is 18.1 Å². The molecule has 0 N–H and O–H groups in total. The molecule has 0 saturated carbocycles. The van der Waals surface area contributed by atoms with E-state index >= 15 is 0 Å². The number of benzene rings is 1. The van der Waals surface area contributed by atoms with Crippen LogP contribution in [0.2, 0.25) is 0 Å². The summed E-state index contributed by atoms with van der Waals surface area (Å²) in [4.78, 5) is 0. The van der Waals surface area contributed by atoms with Gasteiger partial charge in [-0.1, -0.05) is 22.0 Å². The number of ether oxygens (including phenoxy) is 2. The predicted octanol–water partition coefficient (Wildman–Crippen LogP) is 2.90. The first-order valence-electron chi connectivity index (χ1n) is 5.56. The molecule has 0 saturated heterocycles. The Bertz CT molecular complexity index is 525. The van der Waals surface area contributed by atoms with Crippen LogP contribution in [0.4, 0.5) is 0 Å². The number of halogens is 1. The molecule has 2 rings (SSSR count). The van der Waals surface area contributed by atoms with Crippen LogP contribution in [0, 0.1) is 0 Å². The van der Waals surface area contributed by atoms with Crippen molar-refractivity contribution in [2.24, 2.45) is 7.05 Å². The van der Waals surface area contributed by atoms with Gasteiger partial charge in [0.05, 0.1) is 13.3 Å². The molecule has 0 bridgehead atoms. The quantitative estimate of drug-likeness (QED) is 0.797. The second-order valence-electron chi connectivity index (χ2n) is 3.92. The van der Waals surface area contributed by atoms with Gasteiger partial charge in [-0.15, -0.1) is 0 Å². The highest BCUT2D eigenvalue weighted by atomic mass is 79.9. The molecule has 4 nitrogen and oxygen atoms in total. The molecule has 0 amide bonds. The lowest BCUT2D eigenvalue weighted by Crippen LogP contribution is -1.97. The molecule has 2 aromatic rings. The Hall–Kier alpha value is -1.49. The molecule has 0 unspecified atom stereocenters. The number of alkyl halides is 1. The smallest absolute Gasteiger partial charge is 0.127 e. The number of nitrogens with zero attached hydrogens (tertiary/aromatic N) is 2. The third-order valence-electron chi connectivity index (χ3n) is 2.57. The normalized spacial score (nSPS) is 10.4. The SMILES string of the molecule is COc1ccc(CBr)c(OCc2cnn(C)c2)c1. The molecule has 0 spiro atoms. The van der Waals surface area contributed by atoms with Crippen LogP contribution in [0.1, 0.15) is 11.1 Å². The lowest BCUT2D eigenvalue weighted by Gasteiger charge is -2.10. The molecular weight excluding hydrogens is 296 g/mol. The summed E-state index contributed by atoms with van der Waals surface area (Å²) in [7, 11) is 3.53. The van der Waals surface area contributed by atoms with E-state index in [0.717, 1.165) is 28.0 Å². The summed E-state index contributed by atoms with van der Waals surface area (Å²) in [5, 5.41) is 4.86. The maximum absolute atomic E-state index is 5.81. The first kappa shape index (κ1) is 13.0. The van der Waals surface area contributed by atoms with Crippen LogP contribution in [-0.2, 0) is 19.0 Å². The van der Waals surface area contributed by atoms with Gasteiger partial charge in [-0.2, -0.15) is 5.10 Å². The number of hydrogen-bond donors (Lipinski definition) is 0. The largest absolute Gasteiger partial charge is 0.497 e. The fraction of sp³-hybridized carbons (Fsp3) is 0.308. The number of rotatable bonds is 5. The fourth-order valence-electron chi connectivity index (χ4n) is 1.61. The fourth-order valence-corrected chi connectivity index (χ4v) is 2.08. The van der Waals surface area contributed by atoms with E-state index < -0.39 is 0 Å². The lowest BCUT2D eigenvalue weighted by molar-refractivity contribution is 0.301. The molecule has 0 radical (unpaired) electrons. The molecule has 1 heterocycles. The standard InChI is InChI=1S/C13H15BrN2O2/c1-16-8-10(7-15-16)9-18-13-5-12(17-2)4-3-11(13)6-14/h3-5,7-8H,6,9H2,1-2H3. The zero-order valence-electron chi connectivity index (χ0n) is 10.4. The van der Waals surface area contributed by atoms with Crippen LogP contribution in [-0.4, -0.2) is 16.9 Å². The van der Waals surface area contributed by atoms with Crippen molar-refractivity contribution in [2.45, 2.75) is 11.9 Å². The van der Waals surface area contributed by atoms with Gasteiger partial charge in [0, 0.05) is 35.8 Å². The van der Waals surface area contributed by atoms with Crippen LogP contribution in [0.15, 0.2) is 30.6 Å². The number of methoxy groups -OCH3 is 1. The first-order chi connectivity index (χ1) is 8.72. The molecular formula is C13H15BrN2O2. The van der Waals surface area contributed by atoms with E-state index in [1.807, 2.05) is 31.4 Å². The lowest BCUT2D eigenvalue weighted by atomic mass is 10.2. The van der Waals surface area contributed by atoms with Crippen LogP contribution in [0.3, 0.4) is 0 Å². The number of aryl methyl sites for hydroxylation is 1. The number of aromatic nitrogens is 2. The summed E-state index contributed by atoms with van der Waals surface area (Å²) >= 11 is 3.45. The molecule has 1 aromatic carbocycles. The monoisotopic (exact) mass is 310 g/mol. The Balaban J connectivity index is 2.11. The molecule has 1 aromatic heterocycles. The van der Waals surface area contributed by atoms with Gasteiger partial charge in [0.15, 0.2) is 0 Å². The van der Waals surface area contributed by atoms with E-state index in [1.54, 1.807) is 18.0 Å². The second-order valence-corrected chi connectivity index (χ2v) is 4.48. The highest BCUT2D eigenvalue weighted by Gasteiger charge is 2.06. The van der Waals surface area contributed by atoms with Gasteiger partial charge < -0.3 is 9.47 Å². The highest BCUT2D eigenvalue weighted by molar-refractivity contribution is 9.08. The minimum atomic E-state index is 0.501. The van der Waals surface area contributed by atoms with Crippen molar-refractivity contribution in [3.05, 3.63) is 41.7 Å². The predicted molar refractivity (Wildman–Crippen MR) is 73.2 cm³/mol. The maximum atomic E-state index is 5.81. The Morgan fingerprint density at radius 3 is 2.83 bits per heavy atom. The van der Waals surface area contributed by atoms with Crippen LogP contribution in [0.5, 0.6) is 11.5 Å². The Morgan fingerprint density at radius 1 is 1.39 bits per heavy atom. The minimum absolute atomic E-state index is 0.501. The van der Waals surface area contributed by atoms with E-state index in [-0.39, 0.29) is 0 Å². The highest BCUT2D eigenvalue weighted by Crippen LogP contribution is 2.27. The summed E-state index contributed by atoms with van der Waals surface area (Å²) in [6.45, 7) is 0.501. The third kappa shape index (κ3) is 3.04. The Morgan fingerprint density at radius 2 is 2.22 bits per heavy atom. The number of hydrogen-bond acceptors (Lipinski definition) is 3. The van der Waals surface area contributed by atoms with Crippen LogP contribution in [0.25, 0.3) is 0 Å². The average Bonchev–Trinajstić information content (AvgIpc) is 2.81. The summed E-state index contributed by atoms with van der Waals surface area (Å²) in [6, 6.07) is 5.81. The van der Waals surface area contributed by atoms with Gasteiger partial charge in [-0.3, -0.25) is 4.68 Å². The zero-order valence-corrected chi connectivity index (χ0v) is 12.0. The maximum Gasteiger partial charge on any atom is 0.127 e. The molecule has 0 aliphatic heterocycles. The summed E-state index contributed by atoms with van der Waals surface area (Å²) in [6.07, 6.45) is 3.74. The Kier molecular flexibility index (Phi) is 4.25.